The first-order valence-electron chi connectivity index (χ1n) is 11.5. The molecule has 0 unspecified atom stereocenters. The van der Waals surface area contributed by atoms with Crippen LogP contribution in [0.3, 0.4) is 0 Å². The zero-order chi connectivity index (χ0) is 25.7. The summed E-state index contributed by atoms with van der Waals surface area (Å²) >= 11 is 9.54. The predicted molar refractivity (Wildman–Crippen MR) is 139 cm³/mol. The normalized spacial score (nSPS) is 17.1. The Morgan fingerprint density at radius 2 is 1.89 bits per heavy atom. The van der Waals surface area contributed by atoms with Crippen molar-refractivity contribution < 1.29 is 13.9 Å². The van der Waals surface area contributed by atoms with Gasteiger partial charge in [0.2, 0.25) is 0 Å². The third-order valence-corrected chi connectivity index (χ3v) is 7.62. The lowest BCUT2D eigenvalue weighted by Crippen LogP contribution is -2.58. The van der Waals surface area contributed by atoms with Crippen molar-refractivity contribution in [1.29, 1.82) is 5.26 Å². The molecule has 8 nitrogen and oxygen atoms in total. The van der Waals surface area contributed by atoms with Gasteiger partial charge in [-0.2, -0.15) is 5.26 Å². The van der Waals surface area contributed by atoms with E-state index in [9.17, 15) is 10.1 Å². The number of anilines is 2. The Labute approximate surface area is 218 Å². The Bertz CT molecular complexity index is 1200. The molecule has 2 fully saturated rings. The average molecular weight is 568 g/mol. The van der Waals surface area contributed by atoms with Crippen LogP contribution in [0, 0.1) is 17.1 Å². The van der Waals surface area contributed by atoms with Crippen molar-refractivity contribution >= 4 is 56.0 Å². The SMILES string of the molecule is CN(C)C1CN(c2nc3c(F)c(Br)c(Cl)cc3c(N3CCN(C(=O)OC(C)(C)C)CC3)c2C#N)C1. The Hall–Kier alpha value is -2.35. The van der Waals surface area contributed by atoms with Gasteiger partial charge in [0.15, 0.2) is 5.82 Å². The second kappa shape index (κ2) is 9.60. The zero-order valence-electron chi connectivity index (χ0n) is 20.5. The number of benzene rings is 1. The minimum Gasteiger partial charge on any atom is -0.444 e. The van der Waals surface area contributed by atoms with E-state index in [0.29, 0.717) is 67.8 Å². The van der Waals surface area contributed by atoms with E-state index in [4.69, 9.17) is 16.3 Å². The molecule has 1 aromatic heterocycles. The van der Waals surface area contributed by atoms with Crippen LogP contribution in [0.4, 0.5) is 20.7 Å². The quantitative estimate of drug-likeness (QED) is 0.507. The van der Waals surface area contributed by atoms with Gasteiger partial charge in [-0.3, -0.25) is 0 Å². The van der Waals surface area contributed by atoms with Crippen LogP contribution in [0.5, 0.6) is 0 Å². The number of amides is 1. The first-order chi connectivity index (χ1) is 16.4. The van der Waals surface area contributed by atoms with Gasteiger partial charge in [-0.1, -0.05) is 11.6 Å². The van der Waals surface area contributed by atoms with Gasteiger partial charge in [0.05, 0.1) is 15.2 Å². The Morgan fingerprint density at radius 1 is 1.26 bits per heavy atom. The number of fused-ring (bicyclic) bond motifs is 1. The molecule has 0 aliphatic carbocycles. The summed E-state index contributed by atoms with van der Waals surface area (Å²) in [7, 11) is 4.02. The smallest absolute Gasteiger partial charge is 0.410 e. The molecular weight excluding hydrogens is 539 g/mol. The summed E-state index contributed by atoms with van der Waals surface area (Å²) < 4.78 is 21.0. The first kappa shape index (κ1) is 25.7. The summed E-state index contributed by atoms with van der Waals surface area (Å²) in [6, 6.07) is 4.31. The number of nitriles is 1. The monoisotopic (exact) mass is 566 g/mol. The highest BCUT2D eigenvalue weighted by Gasteiger charge is 2.35. The largest absolute Gasteiger partial charge is 0.444 e. The first-order valence-corrected chi connectivity index (χ1v) is 12.6. The second-order valence-corrected chi connectivity index (χ2v) is 11.3. The number of carbonyl (C=O) groups excluding carboxylic acids is 1. The molecule has 0 bridgehead atoms. The number of piperazine rings is 1. The van der Waals surface area contributed by atoms with E-state index in [-0.39, 0.29) is 21.1 Å². The molecule has 0 radical (unpaired) electrons. The number of hydrogen-bond donors (Lipinski definition) is 0. The molecule has 0 atom stereocenters. The minimum absolute atomic E-state index is 0.144. The molecule has 0 saturated carbocycles. The maximum Gasteiger partial charge on any atom is 0.410 e. The van der Waals surface area contributed by atoms with Gasteiger partial charge in [-0.05, 0) is 56.9 Å². The van der Waals surface area contributed by atoms with Crippen molar-refractivity contribution in [2.24, 2.45) is 0 Å². The van der Waals surface area contributed by atoms with Gasteiger partial charge in [-0.15, -0.1) is 0 Å². The van der Waals surface area contributed by atoms with Crippen LogP contribution in [0.2, 0.25) is 5.02 Å². The van der Waals surface area contributed by atoms with E-state index in [0.717, 1.165) is 0 Å². The van der Waals surface area contributed by atoms with E-state index in [1.807, 2.05) is 44.7 Å². The van der Waals surface area contributed by atoms with Crippen LogP contribution in [-0.4, -0.2) is 85.9 Å². The number of carbonyl (C=O) groups is 1. The highest BCUT2D eigenvalue weighted by Crippen LogP contribution is 2.42. The molecule has 0 spiro atoms. The predicted octanol–water partition coefficient (Wildman–Crippen LogP) is 4.47. The van der Waals surface area contributed by atoms with E-state index in [1.54, 1.807) is 11.0 Å². The van der Waals surface area contributed by atoms with Gasteiger partial charge >= 0.3 is 6.09 Å². The van der Waals surface area contributed by atoms with Gasteiger partial charge in [0.25, 0.3) is 0 Å². The van der Waals surface area contributed by atoms with Crippen molar-refractivity contribution in [2.45, 2.75) is 32.4 Å². The summed E-state index contributed by atoms with van der Waals surface area (Å²) in [6.07, 6.45) is -0.369. The maximum absolute atomic E-state index is 15.3. The molecule has 2 aliphatic rings. The fourth-order valence-electron chi connectivity index (χ4n) is 4.33. The van der Waals surface area contributed by atoms with E-state index in [2.05, 4.69) is 31.9 Å². The van der Waals surface area contributed by atoms with Crippen molar-refractivity contribution in [3.8, 4) is 6.07 Å². The lowest BCUT2D eigenvalue weighted by Gasteiger charge is -2.44. The molecule has 4 rings (SSSR count). The average Bonchev–Trinajstić information content (AvgIpc) is 2.75. The molecular formula is C24H29BrClFN6O2. The molecule has 1 aromatic carbocycles. The third kappa shape index (κ3) is 4.99. The molecule has 2 aromatic rings. The highest BCUT2D eigenvalue weighted by molar-refractivity contribution is 9.10. The van der Waals surface area contributed by atoms with Crippen molar-refractivity contribution in [2.75, 3.05) is 63.2 Å². The Morgan fingerprint density at radius 3 is 2.43 bits per heavy atom. The minimum atomic E-state index is -0.582. The van der Waals surface area contributed by atoms with Crippen LogP contribution in [-0.2, 0) is 4.74 Å². The van der Waals surface area contributed by atoms with Gasteiger partial charge in [0, 0.05) is 50.7 Å². The fraction of sp³-hybridized carbons (Fsp3) is 0.542. The third-order valence-electron chi connectivity index (χ3n) is 6.32. The van der Waals surface area contributed by atoms with Gasteiger partial charge in [0.1, 0.15) is 28.6 Å². The van der Waals surface area contributed by atoms with E-state index in [1.165, 1.54) is 0 Å². The van der Waals surface area contributed by atoms with E-state index < -0.39 is 11.4 Å². The summed E-state index contributed by atoms with van der Waals surface area (Å²) in [5, 5.41) is 10.9. The molecule has 0 N–H and O–H groups in total. The molecule has 3 heterocycles. The second-order valence-electron chi connectivity index (χ2n) is 10.1. The number of rotatable bonds is 3. The number of pyridine rings is 1. The highest BCUT2D eigenvalue weighted by atomic mass is 79.9. The number of aromatic nitrogens is 1. The number of ether oxygens (including phenoxy) is 1. The number of halogens is 3. The molecule has 35 heavy (non-hydrogen) atoms. The lowest BCUT2D eigenvalue weighted by atomic mass is 10.0. The zero-order valence-corrected chi connectivity index (χ0v) is 22.9. The standard InChI is InChI=1S/C24H29BrClFN6O2/c1-24(2,3)35-23(34)32-8-6-31(7-9-32)21-15-10-17(26)18(25)19(27)20(15)29-22(16(21)11-28)33-12-14(13-33)30(4)5/h10,14H,6-9,12-13H2,1-5H3. The van der Waals surface area contributed by atoms with Gasteiger partial charge in [-0.25, -0.2) is 14.2 Å². The maximum atomic E-state index is 15.3. The van der Waals surface area contributed by atoms with Crippen molar-refractivity contribution in [3.63, 3.8) is 0 Å². The summed E-state index contributed by atoms with van der Waals surface area (Å²) in [6.45, 7) is 8.64. The van der Waals surface area contributed by atoms with Gasteiger partial charge < -0.3 is 24.3 Å². The van der Waals surface area contributed by atoms with Crippen LogP contribution in [0.1, 0.15) is 26.3 Å². The summed E-state index contributed by atoms with van der Waals surface area (Å²) in [5.74, 6) is -0.0904. The van der Waals surface area contributed by atoms with Crippen LogP contribution in [0.15, 0.2) is 10.5 Å². The Balaban J connectivity index is 1.74. The van der Waals surface area contributed by atoms with Crippen molar-refractivity contribution in [1.82, 2.24) is 14.8 Å². The summed E-state index contributed by atoms with van der Waals surface area (Å²) in [4.78, 5) is 24.9. The fourth-order valence-corrected chi connectivity index (χ4v) is 4.83. The Kier molecular flexibility index (Phi) is 7.06. The van der Waals surface area contributed by atoms with Crippen LogP contribution < -0.4 is 9.80 Å². The number of hydrogen-bond acceptors (Lipinski definition) is 7. The van der Waals surface area contributed by atoms with Crippen LogP contribution >= 0.6 is 27.5 Å². The van der Waals surface area contributed by atoms with Crippen LogP contribution in [0.25, 0.3) is 10.9 Å². The lowest BCUT2D eigenvalue weighted by molar-refractivity contribution is 0.0240. The molecule has 11 heteroatoms. The molecule has 188 valence electrons. The van der Waals surface area contributed by atoms with Crippen molar-refractivity contribution in [3.05, 3.63) is 26.9 Å². The molecule has 2 saturated heterocycles. The topological polar surface area (TPSA) is 75.9 Å². The number of likely N-dealkylation sites (N-methyl/N-ethyl adjacent to an activating group) is 1. The molecule has 1 amide bonds. The molecule has 2 aliphatic heterocycles. The summed E-state index contributed by atoms with van der Waals surface area (Å²) in [5.41, 5.74) is 0.561. The number of nitrogens with zero attached hydrogens (tertiary/aromatic N) is 6. The van der Waals surface area contributed by atoms with E-state index >= 15 is 4.39 Å².